The van der Waals surface area contributed by atoms with Crippen molar-refractivity contribution in [3.05, 3.63) is 86.9 Å². The van der Waals surface area contributed by atoms with Gasteiger partial charge in [-0.2, -0.15) is 0 Å². The molecule has 1 saturated heterocycles. The van der Waals surface area contributed by atoms with Crippen LogP contribution >= 0.6 is 15.9 Å². The van der Waals surface area contributed by atoms with Crippen LogP contribution in [-0.2, 0) is 6.54 Å². The van der Waals surface area contributed by atoms with E-state index in [0.29, 0.717) is 36.6 Å². The number of hydrogen-bond acceptors (Lipinski definition) is 6. The summed E-state index contributed by atoms with van der Waals surface area (Å²) in [5.41, 5.74) is 6.35. The van der Waals surface area contributed by atoms with Crippen LogP contribution in [0.5, 0.6) is 5.75 Å². The van der Waals surface area contributed by atoms with Crippen molar-refractivity contribution >= 4 is 27.5 Å². The Morgan fingerprint density at radius 3 is 2.69 bits per heavy atom. The molecule has 42 heavy (non-hydrogen) atoms. The predicted octanol–water partition coefficient (Wildman–Crippen LogP) is 5.31. The number of benzene rings is 2. The number of halogens is 3. The lowest BCUT2D eigenvalue weighted by atomic mass is 9.71. The van der Waals surface area contributed by atoms with Gasteiger partial charge in [-0.25, -0.2) is 8.78 Å². The number of hydrogen-bond donors (Lipinski definition) is 1. The summed E-state index contributed by atoms with van der Waals surface area (Å²) in [5.74, 6) is -1.18. The van der Waals surface area contributed by atoms with Crippen LogP contribution in [0.15, 0.2) is 64.1 Å². The van der Waals surface area contributed by atoms with Crippen LogP contribution in [0.2, 0.25) is 0 Å². The fraction of sp³-hybridized carbons (Fsp3) is 0.333. The third kappa shape index (κ3) is 5.42. The third-order valence-electron chi connectivity index (χ3n) is 8.11. The van der Waals surface area contributed by atoms with Crippen molar-refractivity contribution in [2.45, 2.75) is 33.2 Å². The summed E-state index contributed by atoms with van der Waals surface area (Å²) < 4.78 is 36.8. The molecular formula is C30H31BrF2N6O3. The summed E-state index contributed by atoms with van der Waals surface area (Å²) in [7, 11) is 1.53. The van der Waals surface area contributed by atoms with Gasteiger partial charge in [-0.15, -0.1) is 5.10 Å². The fourth-order valence-electron chi connectivity index (χ4n) is 5.57. The first-order chi connectivity index (χ1) is 20.0. The van der Waals surface area contributed by atoms with Crippen molar-refractivity contribution in [2.75, 3.05) is 25.9 Å². The van der Waals surface area contributed by atoms with Crippen molar-refractivity contribution in [3.63, 3.8) is 0 Å². The SMILES string of the molecule is COc1ccccc1-n1cc(C(=O)N2CCCC(Cn3cc(-c4cc(F)c(Br)c(F)c4N)nn3)(C(C)C)C2)ccc1=O. The average molecular weight is 642 g/mol. The smallest absolute Gasteiger partial charge is 0.255 e. The van der Waals surface area contributed by atoms with E-state index in [1.54, 1.807) is 41.3 Å². The van der Waals surface area contributed by atoms with Crippen LogP contribution in [0.3, 0.4) is 0 Å². The number of piperidine rings is 1. The molecule has 2 N–H and O–H groups in total. The second-order valence-electron chi connectivity index (χ2n) is 10.9. The van der Waals surface area contributed by atoms with E-state index in [1.165, 1.54) is 17.7 Å². The number of ether oxygens (including phenoxy) is 1. The molecule has 4 aromatic rings. The van der Waals surface area contributed by atoms with Gasteiger partial charge in [0.2, 0.25) is 0 Å². The molecule has 2 aromatic heterocycles. The predicted molar refractivity (Wildman–Crippen MR) is 158 cm³/mol. The molecule has 0 spiro atoms. The Hall–Kier alpha value is -4.06. The van der Waals surface area contributed by atoms with Gasteiger partial charge in [-0.05, 0) is 59.0 Å². The molecule has 1 atom stereocenters. The van der Waals surface area contributed by atoms with Crippen LogP contribution in [0.1, 0.15) is 37.0 Å². The highest BCUT2D eigenvalue weighted by Gasteiger charge is 2.41. The lowest BCUT2D eigenvalue weighted by molar-refractivity contribution is 0.0238. The summed E-state index contributed by atoms with van der Waals surface area (Å²) >= 11 is 2.86. The van der Waals surface area contributed by atoms with E-state index < -0.39 is 11.6 Å². The summed E-state index contributed by atoms with van der Waals surface area (Å²) in [5, 5.41) is 8.38. The highest BCUT2D eigenvalue weighted by atomic mass is 79.9. The van der Waals surface area contributed by atoms with Crippen molar-refractivity contribution in [3.8, 4) is 22.7 Å². The van der Waals surface area contributed by atoms with E-state index in [0.717, 1.165) is 18.9 Å². The summed E-state index contributed by atoms with van der Waals surface area (Å²) in [6.45, 7) is 5.66. The molecule has 0 radical (unpaired) electrons. The van der Waals surface area contributed by atoms with Gasteiger partial charge in [0.05, 0.1) is 41.3 Å². The standard InChI is InChI=1S/C30H31BrF2N6O3/c1-18(2)30(17-38-15-22(35-36-38)20-13-21(32)26(31)27(33)28(20)34)11-6-12-37(16-30)29(41)19-9-10-25(40)39(14-19)23-7-4-5-8-24(23)42-3/h4-5,7-10,13-15,18H,6,11-12,16-17,34H2,1-3H3. The highest BCUT2D eigenvalue weighted by Crippen LogP contribution is 2.40. The molecule has 1 fully saturated rings. The first-order valence-corrected chi connectivity index (χ1v) is 14.3. The summed E-state index contributed by atoms with van der Waals surface area (Å²) in [4.78, 5) is 28.3. The van der Waals surface area contributed by atoms with Crippen molar-refractivity contribution in [1.29, 1.82) is 0 Å². The maximum absolute atomic E-state index is 14.4. The molecule has 0 bridgehead atoms. The highest BCUT2D eigenvalue weighted by molar-refractivity contribution is 9.10. The number of pyridine rings is 1. The Morgan fingerprint density at radius 2 is 1.95 bits per heavy atom. The van der Waals surface area contributed by atoms with Crippen molar-refractivity contribution in [2.24, 2.45) is 11.3 Å². The topological polar surface area (TPSA) is 108 Å². The molecule has 3 heterocycles. The number of carbonyl (C=O) groups excluding carboxylic acids is 1. The molecule has 0 aliphatic carbocycles. The molecule has 2 aromatic carbocycles. The Morgan fingerprint density at radius 1 is 1.19 bits per heavy atom. The zero-order chi connectivity index (χ0) is 30.2. The minimum absolute atomic E-state index is 0.115. The zero-order valence-corrected chi connectivity index (χ0v) is 25.1. The van der Waals surface area contributed by atoms with Crippen molar-refractivity contribution < 1.29 is 18.3 Å². The number of anilines is 1. The van der Waals surface area contributed by atoms with Crippen molar-refractivity contribution in [1.82, 2.24) is 24.5 Å². The molecule has 9 nitrogen and oxygen atoms in total. The molecule has 1 unspecified atom stereocenters. The Balaban J connectivity index is 1.41. The van der Waals surface area contributed by atoms with E-state index in [-0.39, 0.29) is 44.2 Å². The van der Waals surface area contributed by atoms with Gasteiger partial charge in [0.15, 0.2) is 5.82 Å². The average Bonchev–Trinajstić information content (AvgIpc) is 3.45. The lowest BCUT2D eigenvalue weighted by Crippen LogP contribution is -2.50. The molecule has 1 aliphatic rings. The monoisotopic (exact) mass is 640 g/mol. The number of aromatic nitrogens is 4. The largest absolute Gasteiger partial charge is 0.495 e. The summed E-state index contributed by atoms with van der Waals surface area (Å²) in [6.07, 6.45) is 4.78. The maximum atomic E-state index is 14.4. The van der Waals surface area contributed by atoms with Gasteiger partial charge in [-0.1, -0.05) is 31.2 Å². The molecule has 220 valence electrons. The molecule has 1 aliphatic heterocycles. The fourth-order valence-corrected chi connectivity index (χ4v) is 5.90. The number of nitrogens with two attached hydrogens (primary N) is 1. The van der Waals surface area contributed by atoms with Crippen LogP contribution in [0.25, 0.3) is 16.9 Å². The van der Waals surface area contributed by atoms with E-state index >= 15 is 0 Å². The molecular weight excluding hydrogens is 610 g/mol. The van der Waals surface area contributed by atoms with Crippen LogP contribution in [-0.4, -0.2) is 50.6 Å². The molecule has 12 heteroatoms. The van der Waals surface area contributed by atoms with Gasteiger partial charge >= 0.3 is 0 Å². The number of rotatable bonds is 7. The van der Waals surface area contributed by atoms with Crippen LogP contribution < -0.4 is 16.0 Å². The first kappa shape index (κ1) is 29.4. The number of methoxy groups -OCH3 is 1. The van der Waals surface area contributed by atoms with Gasteiger partial charge in [-0.3, -0.25) is 18.8 Å². The lowest BCUT2D eigenvalue weighted by Gasteiger charge is -2.45. The van der Waals surface area contributed by atoms with E-state index in [9.17, 15) is 18.4 Å². The number of nitrogen functional groups attached to an aromatic ring is 1. The zero-order valence-electron chi connectivity index (χ0n) is 23.5. The number of para-hydroxylation sites is 2. The molecule has 0 saturated carbocycles. The van der Waals surface area contributed by atoms with Gasteiger partial charge in [0.25, 0.3) is 11.5 Å². The van der Waals surface area contributed by atoms with Crippen LogP contribution in [0.4, 0.5) is 14.5 Å². The van der Waals surface area contributed by atoms with Gasteiger partial charge in [0, 0.05) is 36.3 Å². The maximum Gasteiger partial charge on any atom is 0.255 e. The third-order valence-corrected chi connectivity index (χ3v) is 8.84. The number of amides is 1. The van der Waals surface area contributed by atoms with Gasteiger partial charge < -0.3 is 15.4 Å². The normalized spacial score (nSPS) is 17.1. The second kappa shape index (κ2) is 11.7. The number of carbonyl (C=O) groups is 1. The minimum atomic E-state index is -0.892. The number of likely N-dealkylation sites (tertiary alicyclic amines) is 1. The number of nitrogens with zero attached hydrogens (tertiary/aromatic N) is 5. The second-order valence-corrected chi connectivity index (χ2v) is 11.7. The van der Waals surface area contributed by atoms with Crippen LogP contribution in [0, 0.1) is 23.0 Å². The van der Waals surface area contributed by atoms with E-state index in [1.807, 2.05) is 11.0 Å². The molecule has 1 amide bonds. The quantitative estimate of drug-likeness (QED) is 0.217. The van der Waals surface area contributed by atoms with E-state index in [2.05, 4.69) is 40.1 Å². The summed E-state index contributed by atoms with van der Waals surface area (Å²) in [6, 6.07) is 11.2. The van der Waals surface area contributed by atoms with E-state index in [4.69, 9.17) is 10.5 Å². The van der Waals surface area contributed by atoms with Gasteiger partial charge in [0.1, 0.15) is 17.3 Å². The molecule has 5 rings (SSSR count). The Bertz CT molecular complexity index is 1700. The minimum Gasteiger partial charge on any atom is -0.495 e. The first-order valence-electron chi connectivity index (χ1n) is 13.5. The Kier molecular flexibility index (Phi) is 8.18. The Labute approximate surface area is 250 Å².